The average molecular weight is 294 g/mol. The van der Waals surface area contributed by atoms with Crippen LogP contribution in [0.4, 0.5) is 0 Å². The van der Waals surface area contributed by atoms with E-state index >= 15 is 0 Å². The van der Waals surface area contributed by atoms with E-state index in [1.165, 1.54) is 25.0 Å². The monoisotopic (exact) mass is 294 g/mol. The standard InChI is InChI=1S/C3H3N2.C2H2N3.3C2H6.CHN4/c1-2-5-3-4-1;1-2-4-5-3-1;3*1-2;1-2-4-5-3-1/h1-3H;1-2H;3*1-2H3;1H/q2*-1;;;;-1. The number of imidazole rings is 1. The Bertz CT molecular complexity index is 253. The number of aromatic nitrogens is 9. The first-order chi connectivity index (χ1) is 10.5. The summed E-state index contributed by atoms with van der Waals surface area (Å²) in [6.45, 7) is 12.0. The molecule has 3 aromatic rings. The fourth-order valence-electron chi connectivity index (χ4n) is 0.457. The van der Waals surface area contributed by atoms with Gasteiger partial charge in [-0.1, -0.05) is 60.3 Å². The summed E-state index contributed by atoms with van der Waals surface area (Å²) in [5.41, 5.74) is 0. The number of hydrogen-bond acceptors (Lipinski definition) is 6. The summed E-state index contributed by atoms with van der Waals surface area (Å²) in [6.07, 6.45) is 9.11. The number of tetrazole rings is 1. The highest BCUT2D eigenvalue weighted by Crippen LogP contribution is 1.60. The minimum Gasteiger partial charge on any atom is -0.493 e. The average Bonchev–Trinajstić information content (AvgIpc) is 3.41. The normalized spacial score (nSPS) is 6.57. The summed E-state index contributed by atoms with van der Waals surface area (Å²) in [5.74, 6) is 0. The van der Waals surface area contributed by atoms with Crippen molar-refractivity contribution in [3.05, 3.63) is 37.4 Å². The van der Waals surface area contributed by atoms with E-state index in [4.69, 9.17) is 0 Å². The Balaban J connectivity index is -0.000000197. The van der Waals surface area contributed by atoms with Crippen molar-refractivity contribution in [3.8, 4) is 0 Å². The van der Waals surface area contributed by atoms with E-state index in [9.17, 15) is 0 Å². The first-order valence-corrected chi connectivity index (χ1v) is 6.73. The first kappa shape index (κ1) is 23.5. The summed E-state index contributed by atoms with van der Waals surface area (Å²) in [5, 5.41) is 22.7. The predicted octanol–water partition coefficient (Wildman–Crippen LogP) is 1.38. The summed E-state index contributed by atoms with van der Waals surface area (Å²) in [4.78, 5) is 7.22. The molecule has 9 heteroatoms. The molecule has 0 amide bonds. The van der Waals surface area contributed by atoms with Crippen molar-refractivity contribution < 1.29 is 0 Å². The largest absolute Gasteiger partial charge is 0.493 e. The predicted molar refractivity (Wildman–Crippen MR) is 80.1 cm³/mol. The Labute approximate surface area is 126 Å². The molecule has 0 radical (unpaired) electrons. The third-order valence-electron chi connectivity index (χ3n) is 0.922. The number of hydrogen-bond donors (Lipinski definition) is 0. The van der Waals surface area contributed by atoms with Crippen LogP contribution >= 0.6 is 0 Å². The van der Waals surface area contributed by atoms with Gasteiger partial charge in [0.1, 0.15) is 0 Å². The van der Waals surface area contributed by atoms with Gasteiger partial charge in [-0.3, -0.25) is 10.3 Å². The van der Waals surface area contributed by atoms with Gasteiger partial charge in [-0.05, 0) is 6.33 Å². The molecule has 3 heterocycles. The van der Waals surface area contributed by atoms with Crippen molar-refractivity contribution in [2.45, 2.75) is 41.5 Å². The van der Waals surface area contributed by atoms with Crippen LogP contribution in [-0.4, -0.2) is 30.7 Å². The lowest BCUT2D eigenvalue weighted by atomic mass is 11.0. The zero-order valence-electron chi connectivity index (χ0n) is 13.5. The molecule has 0 atom stereocenters. The van der Waals surface area contributed by atoms with Gasteiger partial charge in [0.05, 0.1) is 0 Å². The van der Waals surface area contributed by atoms with Gasteiger partial charge in [-0.15, -0.1) is 0 Å². The molecule has 0 aliphatic carbocycles. The highest BCUT2D eigenvalue weighted by molar-refractivity contribution is 4.64. The Morgan fingerprint density at radius 1 is 0.762 bits per heavy atom. The second-order valence-corrected chi connectivity index (χ2v) is 1.86. The lowest BCUT2D eigenvalue weighted by molar-refractivity contribution is 0.871. The van der Waals surface area contributed by atoms with Crippen LogP contribution < -0.4 is 15.3 Å². The summed E-state index contributed by atoms with van der Waals surface area (Å²) >= 11 is 0. The quantitative estimate of drug-likeness (QED) is 0.605. The SMILES string of the molecule is CC.CC.CC.c1c[n-]cn1.c1cn[n-]n1.c1nnn[n-]1. The van der Waals surface area contributed by atoms with Crippen molar-refractivity contribution in [1.82, 2.24) is 46.0 Å². The van der Waals surface area contributed by atoms with Gasteiger partial charge in [-0.2, -0.15) is 5.21 Å². The van der Waals surface area contributed by atoms with E-state index in [-0.39, 0.29) is 0 Å². The van der Waals surface area contributed by atoms with E-state index in [1.807, 2.05) is 41.5 Å². The topological polar surface area (TPSA) is 120 Å². The zero-order valence-corrected chi connectivity index (χ0v) is 13.5. The van der Waals surface area contributed by atoms with Crippen LogP contribution in [0.1, 0.15) is 41.5 Å². The fraction of sp³-hybridized carbons (Fsp3) is 0.500. The summed E-state index contributed by atoms with van der Waals surface area (Å²) in [6, 6.07) is 0. The third-order valence-corrected chi connectivity index (χ3v) is 0.922. The molecular formula is C12H24N9-3. The minimum atomic E-state index is 1.28. The van der Waals surface area contributed by atoms with Gasteiger partial charge < -0.3 is 30.5 Å². The van der Waals surface area contributed by atoms with Crippen molar-refractivity contribution in [3.63, 3.8) is 0 Å². The number of rotatable bonds is 0. The minimum absolute atomic E-state index is 1.28. The Hall–Kier alpha value is -2.58. The van der Waals surface area contributed by atoms with Crippen LogP contribution in [0.15, 0.2) is 37.4 Å². The van der Waals surface area contributed by atoms with E-state index in [0.29, 0.717) is 0 Å². The third kappa shape index (κ3) is 26.9. The van der Waals surface area contributed by atoms with E-state index in [1.54, 1.807) is 12.4 Å². The maximum absolute atomic E-state index is 3.61. The van der Waals surface area contributed by atoms with Gasteiger partial charge in [-0.25, -0.2) is 0 Å². The molecular weight excluding hydrogens is 270 g/mol. The second-order valence-electron chi connectivity index (χ2n) is 1.86. The van der Waals surface area contributed by atoms with Crippen molar-refractivity contribution >= 4 is 0 Å². The maximum Gasteiger partial charge on any atom is 0.0215 e. The van der Waals surface area contributed by atoms with Gasteiger partial charge in [0.2, 0.25) is 0 Å². The van der Waals surface area contributed by atoms with Crippen LogP contribution in [0.25, 0.3) is 0 Å². The summed E-state index contributed by atoms with van der Waals surface area (Å²) in [7, 11) is 0. The molecule has 9 nitrogen and oxygen atoms in total. The Morgan fingerprint density at radius 3 is 1.52 bits per heavy atom. The Kier molecular flexibility index (Phi) is 34.1. The molecule has 0 spiro atoms. The van der Waals surface area contributed by atoms with Gasteiger partial charge in [0, 0.05) is 12.4 Å². The molecule has 120 valence electrons. The first-order valence-electron chi connectivity index (χ1n) is 6.73. The molecule has 0 aliphatic rings. The zero-order chi connectivity index (χ0) is 16.6. The molecule has 0 aliphatic heterocycles. The second kappa shape index (κ2) is 30.4. The Morgan fingerprint density at radius 2 is 1.38 bits per heavy atom. The van der Waals surface area contributed by atoms with E-state index < -0.39 is 0 Å². The smallest absolute Gasteiger partial charge is 0.0215 e. The maximum atomic E-state index is 3.61. The molecule has 0 N–H and O–H groups in total. The lowest BCUT2D eigenvalue weighted by Gasteiger charge is -1.71. The van der Waals surface area contributed by atoms with Crippen LogP contribution in [0.2, 0.25) is 0 Å². The van der Waals surface area contributed by atoms with E-state index in [0.717, 1.165) is 0 Å². The van der Waals surface area contributed by atoms with Crippen LogP contribution in [0.3, 0.4) is 0 Å². The molecule has 0 saturated carbocycles. The van der Waals surface area contributed by atoms with Gasteiger partial charge >= 0.3 is 0 Å². The van der Waals surface area contributed by atoms with Crippen molar-refractivity contribution in [2.75, 3.05) is 0 Å². The molecule has 0 unspecified atom stereocenters. The van der Waals surface area contributed by atoms with Gasteiger partial charge in [0.25, 0.3) is 0 Å². The van der Waals surface area contributed by atoms with E-state index in [2.05, 4.69) is 46.0 Å². The summed E-state index contributed by atoms with van der Waals surface area (Å²) < 4.78 is 0. The molecule has 0 fully saturated rings. The lowest BCUT2D eigenvalue weighted by Crippen LogP contribution is -1.68. The highest BCUT2D eigenvalue weighted by atomic mass is 15.5. The molecule has 0 bridgehead atoms. The fourth-order valence-corrected chi connectivity index (χ4v) is 0.457. The molecule has 3 rings (SSSR count). The molecule has 3 aromatic heterocycles. The molecule has 0 saturated heterocycles. The van der Waals surface area contributed by atoms with Crippen molar-refractivity contribution in [2.24, 2.45) is 0 Å². The van der Waals surface area contributed by atoms with Crippen molar-refractivity contribution in [1.29, 1.82) is 0 Å². The molecule has 21 heavy (non-hydrogen) atoms. The van der Waals surface area contributed by atoms with Gasteiger partial charge in [0.15, 0.2) is 0 Å². The molecule has 0 aromatic carbocycles. The van der Waals surface area contributed by atoms with Crippen LogP contribution in [0.5, 0.6) is 0 Å². The van der Waals surface area contributed by atoms with Crippen LogP contribution in [0, 0.1) is 0 Å². The van der Waals surface area contributed by atoms with Crippen LogP contribution in [-0.2, 0) is 0 Å². The highest BCUT2D eigenvalue weighted by Gasteiger charge is 1.44. The number of nitrogens with zero attached hydrogens (tertiary/aromatic N) is 9.